The van der Waals surface area contributed by atoms with Crippen LogP contribution < -0.4 is 10.6 Å². The molecule has 0 saturated carbocycles. The van der Waals surface area contributed by atoms with E-state index in [4.69, 9.17) is 0 Å². The van der Waals surface area contributed by atoms with E-state index in [-0.39, 0.29) is 11.5 Å². The van der Waals surface area contributed by atoms with Crippen LogP contribution in [0.3, 0.4) is 0 Å². The van der Waals surface area contributed by atoms with Crippen molar-refractivity contribution in [2.45, 2.75) is 6.92 Å². The van der Waals surface area contributed by atoms with Gasteiger partial charge < -0.3 is 10.6 Å². The quantitative estimate of drug-likeness (QED) is 0.405. The summed E-state index contributed by atoms with van der Waals surface area (Å²) < 4.78 is 0. The molecule has 0 aliphatic carbocycles. The molecule has 5 heteroatoms. The molecule has 0 aromatic heterocycles. The summed E-state index contributed by atoms with van der Waals surface area (Å²) in [5, 5.41) is 4.78. The highest BCUT2D eigenvalue weighted by molar-refractivity contribution is 6.06. The Morgan fingerprint density at radius 1 is 1.54 bits per heavy atom. The van der Waals surface area contributed by atoms with E-state index in [1.165, 1.54) is 12.9 Å². The average Bonchev–Trinajstić information content (AvgIpc) is 2.01. The molecule has 0 spiro atoms. The fourth-order valence-corrected chi connectivity index (χ4v) is 1.09. The third-order valence-corrected chi connectivity index (χ3v) is 1.63. The lowest BCUT2D eigenvalue weighted by molar-refractivity contribution is -0.131. The van der Waals surface area contributed by atoms with E-state index in [1.807, 2.05) is 0 Å². The van der Waals surface area contributed by atoms with Gasteiger partial charge in [-0.3, -0.25) is 9.59 Å². The highest BCUT2D eigenvalue weighted by atomic mass is 16.2. The number of amides is 1. The first-order valence-corrected chi connectivity index (χ1v) is 3.58. The minimum atomic E-state index is -1.08. The Morgan fingerprint density at radius 2 is 2.15 bits per heavy atom. The monoisotopic (exact) mass is 180 g/mol. The van der Waals surface area contributed by atoms with Gasteiger partial charge in [-0.25, -0.2) is 4.79 Å². The topological polar surface area (TPSA) is 75.3 Å². The Morgan fingerprint density at radius 3 is 2.62 bits per heavy atom. The Balaban J connectivity index is 3.05. The molecule has 1 aliphatic rings. The van der Waals surface area contributed by atoms with Crippen LogP contribution in [0.4, 0.5) is 0 Å². The Bertz CT molecular complexity index is 339. The van der Waals surface area contributed by atoms with Gasteiger partial charge in [-0.05, 0) is 6.92 Å². The van der Waals surface area contributed by atoms with E-state index in [2.05, 4.69) is 17.2 Å². The maximum absolute atomic E-state index is 11.2. The first kappa shape index (κ1) is 9.22. The molecule has 2 N–H and O–H groups in total. The normalized spacial score (nSPS) is 21.6. The molecule has 0 aromatic carbocycles. The second-order valence-electron chi connectivity index (χ2n) is 2.65. The summed E-state index contributed by atoms with van der Waals surface area (Å²) in [5.41, 5.74) is -0.0822. The summed E-state index contributed by atoms with van der Waals surface area (Å²) in [7, 11) is 0. The summed E-state index contributed by atoms with van der Waals surface area (Å²) in [4.78, 5) is 32.5. The summed E-state index contributed by atoms with van der Waals surface area (Å²) in [6.45, 7) is 4.64. The number of carbonyl (C=O) groups excluding carboxylic acids is 3. The number of nitrogens with one attached hydrogen (secondary N) is 2. The molecule has 0 radical (unpaired) electrons. The van der Waals surface area contributed by atoms with E-state index >= 15 is 0 Å². The van der Waals surface area contributed by atoms with Crippen LogP contribution in [0.2, 0.25) is 0 Å². The van der Waals surface area contributed by atoms with Gasteiger partial charge in [0.15, 0.2) is 0 Å². The number of rotatable bonds is 1. The largest absolute Gasteiger partial charge is 0.336 e. The lowest BCUT2D eigenvalue weighted by atomic mass is 9.99. The zero-order valence-corrected chi connectivity index (χ0v) is 7.01. The highest BCUT2D eigenvalue weighted by Crippen LogP contribution is 2.12. The van der Waals surface area contributed by atoms with E-state index < -0.39 is 17.6 Å². The molecule has 1 aliphatic heterocycles. The van der Waals surface area contributed by atoms with Crippen molar-refractivity contribution in [2.75, 3.05) is 0 Å². The van der Waals surface area contributed by atoms with Crippen LogP contribution in [0.25, 0.3) is 0 Å². The lowest BCUT2D eigenvalue weighted by Crippen LogP contribution is -2.47. The van der Waals surface area contributed by atoms with Gasteiger partial charge >= 0.3 is 0 Å². The summed E-state index contributed by atoms with van der Waals surface area (Å²) >= 11 is 0. The highest BCUT2D eigenvalue weighted by Gasteiger charge is 2.33. The van der Waals surface area contributed by atoms with Gasteiger partial charge in [-0.15, -0.1) is 0 Å². The molecule has 5 nitrogen and oxygen atoms in total. The second-order valence-corrected chi connectivity index (χ2v) is 2.65. The van der Waals surface area contributed by atoms with Crippen molar-refractivity contribution in [2.24, 2.45) is 5.92 Å². The first-order chi connectivity index (χ1) is 6.06. The maximum atomic E-state index is 11.2. The Labute approximate surface area is 74.5 Å². The van der Waals surface area contributed by atoms with Crippen molar-refractivity contribution < 1.29 is 14.4 Å². The first-order valence-electron chi connectivity index (χ1n) is 3.58. The molecule has 68 valence electrons. The number of Topliss-reactive ketones (excluding diaryl/α,β-unsaturated/α-hetero) is 1. The van der Waals surface area contributed by atoms with E-state index in [9.17, 15) is 14.4 Å². The van der Waals surface area contributed by atoms with Crippen molar-refractivity contribution in [3.8, 4) is 0 Å². The molecule has 1 unspecified atom stereocenters. The van der Waals surface area contributed by atoms with Crippen molar-refractivity contribution in [1.29, 1.82) is 0 Å². The number of hydrogen-bond donors (Lipinski definition) is 2. The molecular weight excluding hydrogens is 172 g/mol. The van der Waals surface area contributed by atoms with E-state index in [0.717, 1.165) is 0 Å². The zero-order chi connectivity index (χ0) is 10.0. The van der Waals surface area contributed by atoms with Crippen molar-refractivity contribution in [1.82, 2.24) is 10.6 Å². The van der Waals surface area contributed by atoms with E-state index in [1.54, 1.807) is 0 Å². The fraction of sp³-hybridized carbons (Fsp3) is 0.250. The summed E-state index contributed by atoms with van der Waals surface area (Å²) in [6.07, 6.45) is 0. The van der Waals surface area contributed by atoms with Gasteiger partial charge in [0.05, 0.1) is 0 Å². The van der Waals surface area contributed by atoms with Crippen LogP contribution in [0.15, 0.2) is 18.1 Å². The van der Waals surface area contributed by atoms with Gasteiger partial charge in [0.1, 0.15) is 29.2 Å². The van der Waals surface area contributed by atoms with Gasteiger partial charge in [-0.1, -0.05) is 6.58 Å². The maximum Gasteiger partial charge on any atom is 0.242 e. The number of ketones is 1. The number of carbonyl (C=O) groups is 2. The van der Waals surface area contributed by atoms with Crippen molar-refractivity contribution in [3.05, 3.63) is 18.1 Å². The molecule has 1 rings (SSSR count). The molecule has 1 heterocycles. The summed E-state index contributed by atoms with van der Waals surface area (Å²) in [6, 6.07) is 0. The second kappa shape index (κ2) is 3.25. The Hall–Kier alpha value is -1.87. The molecule has 1 fully saturated rings. The predicted octanol–water partition coefficient (Wildman–Crippen LogP) is -0.902. The minimum absolute atomic E-state index is 0.0822. The smallest absolute Gasteiger partial charge is 0.242 e. The summed E-state index contributed by atoms with van der Waals surface area (Å²) in [5.74, 6) is -0.343. The van der Waals surface area contributed by atoms with Crippen molar-refractivity contribution >= 4 is 17.6 Å². The molecule has 1 atom stereocenters. The fourth-order valence-electron chi connectivity index (χ4n) is 1.09. The van der Waals surface area contributed by atoms with E-state index in [0.29, 0.717) is 0 Å². The van der Waals surface area contributed by atoms with Crippen LogP contribution in [0.5, 0.6) is 0 Å². The van der Waals surface area contributed by atoms with Crippen LogP contribution >= 0.6 is 0 Å². The van der Waals surface area contributed by atoms with Crippen LogP contribution in [-0.4, -0.2) is 17.6 Å². The van der Waals surface area contributed by atoms with Crippen molar-refractivity contribution in [3.63, 3.8) is 0 Å². The average molecular weight is 180 g/mol. The molecular formula is C8H8N2O3. The third-order valence-electron chi connectivity index (χ3n) is 1.63. The molecule has 1 amide bonds. The molecule has 1 saturated heterocycles. The Kier molecular flexibility index (Phi) is 2.30. The van der Waals surface area contributed by atoms with Gasteiger partial charge in [-0.2, -0.15) is 0 Å². The third kappa shape index (κ3) is 1.65. The van der Waals surface area contributed by atoms with Crippen LogP contribution in [-0.2, 0) is 14.4 Å². The van der Waals surface area contributed by atoms with Gasteiger partial charge in [0.25, 0.3) is 0 Å². The standard InChI is InChI=1S/C8H8N2O3/c1-4(12)7-6(3-11)9-5(2)10-8(7)13/h7,9H,2H2,1H3,(H,10,13). The SMILES string of the molecule is C=C1NC(=O)C(C(C)=O)C(=C=O)N1. The van der Waals surface area contributed by atoms with Gasteiger partial charge in [0.2, 0.25) is 5.91 Å². The lowest BCUT2D eigenvalue weighted by Gasteiger charge is -2.23. The number of hydrogen-bond acceptors (Lipinski definition) is 4. The molecule has 0 aromatic rings. The van der Waals surface area contributed by atoms with Crippen LogP contribution in [0.1, 0.15) is 6.92 Å². The molecule has 0 bridgehead atoms. The predicted molar refractivity (Wildman–Crippen MR) is 43.8 cm³/mol. The zero-order valence-electron chi connectivity index (χ0n) is 7.01. The van der Waals surface area contributed by atoms with Crippen LogP contribution in [0, 0.1) is 5.92 Å². The molecule has 13 heavy (non-hydrogen) atoms. The minimum Gasteiger partial charge on any atom is -0.336 e. The van der Waals surface area contributed by atoms with Gasteiger partial charge in [0, 0.05) is 0 Å².